The first-order valence-electron chi connectivity index (χ1n) is 7.00. The van der Waals surface area contributed by atoms with Gasteiger partial charge in [-0.1, -0.05) is 56.3 Å². The zero-order valence-electron chi connectivity index (χ0n) is 13.2. The molecule has 112 valence electrons. The first-order valence-corrected chi connectivity index (χ1v) is 7.00. The van der Waals surface area contributed by atoms with Crippen molar-refractivity contribution in [1.29, 1.82) is 0 Å². The third-order valence-electron chi connectivity index (χ3n) is 4.06. The zero-order chi connectivity index (χ0) is 15.3. The summed E-state index contributed by atoms with van der Waals surface area (Å²) in [5.74, 6) is 0.153. The normalized spacial score (nSPS) is 16.2. The molecule has 1 aromatic rings. The van der Waals surface area contributed by atoms with Crippen LogP contribution >= 0.6 is 0 Å². The van der Waals surface area contributed by atoms with Crippen molar-refractivity contribution in [3.63, 3.8) is 0 Å². The van der Waals surface area contributed by atoms with Crippen molar-refractivity contribution in [2.75, 3.05) is 13.6 Å². The predicted octanol–water partition coefficient (Wildman–Crippen LogP) is 2.88. The fourth-order valence-corrected chi connectivity index (χ4v) is 2.23. The quantitative estimate of drug-likeness (QED) is 0.376. The molecule has 0 aromatic heterocycles. The number of benzene rings is 1. The number of nitrogens with two attached hydrogens (primary N) is 1. The maximum atomic E-state index is 9.02. The Balaban J connectivity index is 2.93. The van der Waals surface area contributed by atoms with Crippen molar-refractivity contribution in [3.8, 4) is 0 Å². The van der Waals surface area contributed by atoms with Crippen molar-refractivity contribution >= 4 is 5.84 Å². The minimum absolute atomic E-state index is 0.101. The minimum atomic E-state index is -0.101. The molecule has 0 saturated carbocycles. The van der Waals surface area contributed by atoms with Crippen molar-refractivity contribution in [2.45, 2.75) is 39.7 Å². The van der Waals surface area contributed by atoms with E-state index in [1.807, 2.05) is 30.3 Å². The molecule has 2 atom stereocenters. The van der Waals surface area contributed by atoms with Gasteiger partial charge in [-0.15, -0.1) is 0 Å². The molecular weight excluding hydrogens is 250 g/mol. The second kappa shape index (κ2) is 6.75. The summed E-state index contributed by atoms with van der Waals surface area (Å²) in [5.41, 5.74) is 7.13. The lowest BCUT2D eigenvalue weighted by Crippen LogP contribution is -2.43. The second-order valence-electron chi connectivity index (χ2n) is 6.47. The van der Waals surface area contributed by atoms with E-state index in [1.54, 1.807) is 0 Å². The van der Waals surface area contributed by atoms with Crippen LogP contribution in [0.15, 0.2) is 35.5 Å². The molecule has 0 bridgehead atoms. The highest BCUT2D eigenvalue weighted by molar-refractivity contribution is 5.87. The first-order chi connectivity index (χ1) is 9.27. The van der Waals surface area contributed by atoms with Gasteiger partial charge < -0.3 is 15.8 Å². The molecule has 3 N–H and O–H groups in total. The van der Waals surface area contributed by atoms with E-state index in [9.17, 15) is 0 Å². The molecule has 0 amide bonds. The Hall–Kier alpha value is -1.55. The van der Waals surface area contributed by atoms with E-state index in [1.165, 1.54) is 0 Å². The van der Waals surface area contributed by atoms with Crippen LogP contribution in [0.5, 0.6) is 0 Å². The van der Waals surface area contributed by atoms with Crippen molar-refractivity contribution in [3.05, 3.63) is 35.9 Å². The smallest absolute Gasteiger partial charge is 0.147 e. The van der Waals surface area contributed by atoms with Crippen LogP contribution in [-0.2, 0) is 0 Å². The Morgan fingerprint density at radius 1 is 1.30 bits per heavy atom. The van der Waals surface area contributed by atoms with Gasteiger partial charge in [-0.05, 0) is 24.9 Å². The molecule has 1 rings (SSSR count). The number of hydrogen-bond donors (Lipinski definition) is 2. The number of likely N-dealkylation sites (N-methyl/N-ethyl adjacent to an activating group) is 1. The molecule has 0 aliphatic carbocycles. The van der Waals surface area contributed by atoms with E-state index >= 15 is 0 Å². The van der Waals surface area contributed by atoms with Crippen LogP contribution in [0.1, 0.15) is 39.2 Å². The molecular formula is C16H27N3O. The van der Waals surface area contributed by atoms with Crippen LogP contribution in [0.3, 0.4) is 0 Å². The maximum Gasteiger partial charge on any atom is 0.147 e. The van der Waals surface area contributed by atoms with Gasteiger partial charge in [0.2, 0.25) is 0 Å². The Morgan fingerprint density at radius 2 is 1.85 bits per heavy atom. The second-order valence-corrected chi connectivity index (χ2v) is 6.47. The molecule has 0 radical (unpaired) electrons. The molecule has 2 unspecified atom stereocenters. The fourth-order valence-electron chi connectivity index (χ4n) is 2.23. The highest BCUT2D eigenvalue weighted by atomic mass is 16.4. The topological polar surface area (TPSA) is 61.8 Å². The van der Waals surface area contributed by atoms with Gasteiger partial charge in [0, 0.05) is 12.6 Å². The Labute approximate surface area is 122 Å². The lowest BCUT2D eigenvalue weighted by Gasteiger charge is -2.37. The molecule has 0 aliphatic rings. The van der Waals surface area contributed by atoms with Crippen molar-refractivity contribution in [1.82, 2.24) is 4.90 Å². The number of oxime groups is 1. The van der Waals surface area contributed by atoms with Gasteiger partial charge in [0.15, 0.2) is 0 Å². The minimum Gasteiger partial charge on any atom is -0.409 e. The molecule has 0 aliphatic heterocycles. The number of hydrogen-bond acceptors (Lipinski definition) is 3. The molecule has 0 spiro atoms. The third kappa shape index (κ3) is 4.23. The van der Waals surface area contributed by atoms with Gasteiger partial charge in [0.1, 0.15) is 5.84 Å². The lowest BCUT2D eigenvalue weighted by atomic mass is 9.86. The monoisotopic (exact) mass is 277 g/mol. The molecule has 0 heterocycles. The van der Waals surface area contributed by atoms with Crippen LogP contribution in [0.2, 0.25) is 0 Å². The summed E-state index contributed by atoms with van der Waals surface area (Å²) in [7, 11) is 2.08. The zero-order valence-corrected chi connectivity index (χ0v) is 13.2. The Bertz CT molecular complexity index is 437. The van der Waals surface area contributed by atoms with Gasteiger partial charge in [-0.25, -0.2) is 0 Å². The van der Waals surface area contributed by atoms with E-state index in [0.717, 1.165) is 12.1 Å². The van der Waals surface area contributed by atoms with Gasteiger partial charge in [-0.3, -0.25) is 0 Å². The van der Waals surface area contributed by atoms with E-state index < -0.39 is 0 Å². The number of nitrogens with zero attached hydrogens (tertiary/aromatic N) is 2. The van der Waals surface area contributed by atoms with E-state index in [4.69, 9.17) is 10.9 Å². The highest BCUT2D eigenvalue weighted by Crippen LogP contribution is 2.25. The Kier molecular flexibility index (Phi) is 5.57. The average Bonchev–Trinajstić information content (AvgIpc) is 2.42. The van der Waals surface area contributed by atoms with E-state index in [2.05, 4.69) is 44.8 Å². The standard InChI is InChI=1S/C16H27N3O/c1-12(16(2,3)4)19(5)11-14(15(17)18-20)13-9-7-6-8-10-13/h6-10,12,14,20H,11H2,1-5H3,(H2,17,18). The fraction of sp³-hybridized carbons (Fsp3) is 0.562. The third-order valence-corrected chi connectivity index (χ3v) is 4.06. The van der Waals surface area contributed by atoms with Crippen LogP contribution in [0, 0.1) is 5.41 Å². The van der Waals surface area contributed by atoms with Gasteiger partial charge >= 0.3 is 0 Å². The largest absolute Gasteiger partial charge is 0.409 e. The summed E-state index contributed by atoms with van der Waals surface area (Å²) in [5, 5.41) is 12.2. The molecule has 4 nitrogen and oxygen atoms in total. The SMILES string of the molecule is CC(N(C)CC(C(N)=NO)c1ccccc1)C(C)(C)C. The summed E-state index contributed by atoms with van der Waals surface area (Å²) >= 11 is 0. The lowest BCUT2D eigenvalue weighted by molar-refractivity contribution is 0.139. The summed E-state index contributed by atoms with van der Waals surface area (Å²) in [6.07, 6.45) is 0. The predicted molar refractivity (Wildman–Crippen MR) is 84.1 cm³/mol. The molecule has 1 aromatic carbocycles. The summed E-state index contributed by atoms with van der Waals surface area (Å²) in [4.78, 5) is 2.26. The summed E-state index contributed by atoms with van der Waals surface area (Å²) in [6, 6.07) is 10.3. The molecule has 0 saturated heterocycles. The summed E-state index contributed by atoms with van der Waals surface area (Å²) in [6.45, 7) is 9.58. The van der Waals surface area contributed by atoms with Crippen LogP contribution < -0.4 is 5.73 Å². The van der Waals surface area contributed by atoms with Crippen molar-refractivity contribution in [2.24, 2.45) is 16.3 Å². The van der Waals surface area contributed by atoms with Gasteiger partial charge in [0.05, 0.1) is 5.92 Å². The van der Waals surface area contributed by atoms with Crippen LogP contribution in [0.25, 0.3) is 0 Å². The number of rotatable bonds is 5. The summed E-state index contributed by atoms with van der Waals surface area (Å²) < 4.78 is 0. The van der Waals surface area contributed by atoms with Gasteiger partial charge in [0.25, 0.3) is 0 Å². The molecule has 0 fully saturated rings. The van der Waals surface area contributed by atoms with E-state index in [-0.39, 0.29) is 17.2 Å². The number of amidine groups is 1. The molecule has 20 heavy (non-hydrogen) atoms. The van der Waals surface area contributed by atoms with E-state index in [0.29, 0.717) is 6.04 Å². The molecule has 4 heteroatoms. The highest BCUT2D eigenvalue weighted by Gasteiger charge is 2.27. The van der Waals surface area contributed by atoms with Crippen LogP contribution in [-0.4, -0.2) is 35.6 Å². The average molecular weight is 277 g/mol. The van der Waals surface area contributed by atoms with Gasteiger partial charge in [-0.2, -0.15) is 0 Å². The maximum absolute atomic E-state index is 9.02. The Morgan fingerprint density at radius 3 is 2.30 bits per heavy atom. The van der Waals surface area contributed by atoms with Crippen LogP contribution in [0.4, 0.5) is 0 Å². The van der Waals surface area contributed by atoms with Crippen molar-refractivity contribution < 1.29 is 5.21 Å². The first kappa shape index (κ1) is 16.5.